The minimum atomic E-state index is 0.300. The van der Waals surface area contributed by atoms with Crippen LogP contribution in [0.25, 0.3) is 6.08 Å². The lowest BCUT2D eigenvalue weighted by Gasteiger charge is -2.07. The standard InChI is InChI=1S/C11H14O/c1-4-9-7-10(8(2)3)5-6-11(9)12/h4-8,12H,1H2,2-3H3. The third-order valence-electron chi connectivity index (χ3n) is 1.94. The summed E-state index contributed by atoms with van der Waals surface area (Å²) in [7, 11) is 0. The Morgan fingerprint density at radius 3 is 2.58 bits per heavy atom. The largest absolute Gasteiger partial charge is 0.507 e. The molecule has 0 radical (unpaired) electrons. The van der Waals surface area contributed by atoms with E-state index in [9.17, 15) is 5.11 Å². The molecule has 0 aliphatic heterocycles. The van der Waals surface area contributed by atoms with E-state index in [-0.39, 0.29) is 0 Å². The summed E-state index contributed by atoms with van der Waals surface area (Å²) in [6, 6.07) is 5.62. The van der Waals surface area contributed by atoms with Crippen molar-refractivity contribution in [3.05, 3.63) is 35.9 Å². The molecule has 1 aromatic carbocycles. The van der Waals surface area contributed by atoms with Crippen molar-refractivity contribution in [3.63, 3.8) is 0 Å². The lowest BCUT2D eigenvalue weighted by Crippen LogP contribution is -1.87. The van der Waals surface area contributed by atoms with Crippen LogP contribution in [0.15, 0.2) is 24.8 Å². The zero-order valence-corrected chi connectivity index (χ0v) is 7.54. The number of hydrogen-bond donors (Lipinski definition) is 1. The zero-order chi connectivity index (χ0) is 9.14. The van der Waals surface area contributed by atoms with Crippen molar-refractivity contribution < 1.29 is 5.11 Å². The number of rotatable bonds is 2. The summed E-state index contributed by atoms with van der Waals surface area (Å²) in [5.74, 6) is 0.790. The van der Waals surface area contributed by atoms with E-state index < -0.39 is 0 Å². The monoisotopic (exact) mass is 162 g/mol. The predicted molar refractivity (Wildman–Crippen MR) is 52.3 cm³/mol. The van der Waals surface area contributed by atoms with Crippen LogP contribution in [0.4, 0.5) is 0 Å². The molecule has 0 saturated heterocycles. The molecule has 0 aliphatic rings. The molecule has 1 rings (SSSR count). The highest BCUT2D eigenvalue weighted by atomic mass is 16.3. The van der Waals surface area contributed by atoms with E-state index in [0.717, 1.165) is 5.56 Å². The van der Waals surface area contributed by atoms with Crippen LogP contribution in [0, 0.1) is 0 Å². The average molecular weight is 162 g/mol. The first-order valence-corrected chi connectivity index (χ1v) is 4.10. The fraction of sp³-hybridized carbons (Fsp3) is 0.273. The summed E-state index contributed by atoms with van der Waals surface area (Å²) in [6.45, 7) is 7.88. The Labute approximate surface area is 73.4 Å². The van der Waals surface area contributed by atoms with Gasteiger partial charge in [-0.25, -0.2) is 0 Å². The first kappa shape index (κ1) is 8.85. The Hall–Kier alpha value is -1.24. The smallest absolute Gasteiger partial charge is 0.122 e. The predicted octanol–water partition coefficient (Wildman–Crippen LogP) is 3.16. The molecule has 0 saturated carbocycles. The van der Waals surface area contributed by atoms with Gasteiger partial charge in [-0.05, 0) is 23.6 Å². The zero-order valence-electron chi connectivity index (χ0n) is 7.54. The molecule has 1 heteroatoms. The molecule has 0 atom stereocenters. The van der Waals surface area contributed by atoms with Crippen LogP contribution in [0.2, 0.25) is 0 Å². The molecule has 1 aromatic rings. The van der Waals surface area contributed by atoms with Gasteiger partial charge in [0.2, 0.25) is 0 Å². The fourth-order valence-electron chi connectivity index (χ4n) is 1.10. The summed E-state index contributed by atoms with van der Waals surface area (Å²) < 4.78 is 0. The Bertz CT molecular complexity index is 287. The van der Waals surface area contributed by atoms with E-state index in [4.69, 9.17) is 0 Å². The minimum Gasteiger partial charge on any atom is -0.507 e. The summed E-state index contributed by atoms with van der Waals surface area (Å²) in [6.07, 6.45) is 1.67. The van der Waals surface area contributed by atoms with E-state index in [1.54, 1.807) is 12.1 Å². The summed E-state index contributed by atoms with van der Waals surface area (Å²) in [5.41, 5.74) is 2.03. The Kier molecular flexibility index (Phi) is 2.54. The van der Waals surface area contributed by atoms with Crippen molar-refractivity contribution in [1.29, 1.82) is 0 Å². The van der Waals surface area contributed by atoms with Crippen LogP contribution in [0.1, 0.15) is 30.9 Å². The SMILES string of the molecule is C=Cc1cc(C(C)C)ccc1O. The number of hydrogen-bond acceptors (Lipinski definition) is 1. The van der Waals surface area contributed by atoms with Crippen molar-refractivity contribution >= 4 is 6.08 Å². The van der Waals surface area contributed by atoms with Crippen molar-refractivity contribution in [2.75, 3.05) is 0 Å². The highest BCUT2D eigenvalue weighted by molar-refractivity contribution is 5.56. The van der Waals surface area contributed by atoms with Crippen LogP contribution in [0.5, 0.6) is 5.75 Å². The highest BCUT2D eigenvalue weighted by Crippen LogP contribution is 2.23. The van der Waals surface area contributed by atoms with Gasteiger partial charge in [0.25, 0.3) is 0 Å². The lowest BCUT2D eigenvalue weighted by molar-refractivity contribution is 0.473. The first-order valence-electron chi connectivity index (χ1n) is 4.10. The molecule has 0 fully saturated rings. The molecular weight excluding hydrogens is 148 g/mol. The Morgan fingerprint density at radius 1 is 1.42 bits per heavy atom. The molecule has 1 N–H and O–H groups in total. The number of benzene rings is 1. The van der Waals surface area contributed by atoms with Gasteiger partial charge >= 0.3 is 0 Å². The molecule has 0 spiro atoms. The van der Waals surface area contributed by atoms with E-state index in [0.29, 0.717) is 11.7 Å². The van der Waals surface area contributed by atoms with Gasteiger partial charge in [0, 0.05) is 5.56 Å². The van der Waals surface area contributed by atoms with Gasteiger partial charge in [-0.15, -0.1) is 0 Å². The minimum absolute atomic E-state index is 0.300. The van der Waals surface area contributed by atoms with Gasteiger partial charge in [0.05, 0.1) is 0 Å². The normalized spacial score (nSPS) is 10.2. The molecule has 0 bridgehead atoms. The second-order valence-electron chi connectivity index (χ2n) is 3.18. The molecule has 1 nitrogen and oxygen atoms in total. The van der Waals surface area contributed by atoms with Crippen LogP contribution in [-0.2, 0) is 0 Å². The quantitative estimate of drug-likeness (QED) is 0.708. The molecular formula is C11H14O. The fourth-order valence-corrected chi connectivity index (χ4v) is 1.10. The molecule has 12 heavy (non-hydrogen) atoms. The van der Waals surface area contributed by atoms with E-state index in [1.807, 2.05) is 12.1 Å². The Balaban J connectivity index is 3.13. The number of phenolic OH excluding ortho intramolecular Hbond substituents is 1. The van der Waals surface area contributed by atoms with Crippen molar-refractivity contribution in [2.24, 2.45) is 0 Å². The highest BCUT2D eigenvalue weighted by Gasteiger charge is 2.01. The third kappa shape index (κ3) is 1.67. The summed E-state index contributed by atoms with van der Waals surface area (Å²) in [5, 5.41) is 9.35. The van der Waals surface area contributed by atoms with Crippen molar-refractivity contribution in [3.8, 4) is 5.75 Å². The first-order chi connectivity index (χ1) is 5.65. The van der Waals surface area contributed by atoms with Gasteiger partial charge in [-0.3, -0.25) is 0 Å². The molecule has 0 aliphatic carbocycles. The van der Waals surface area contributed by atoms with Crippen LogP contribution < -0.4 is 0 Å². The lowest BCUT2D eigenvalue weighted by atomic mass is 10.0. The second kappa shape index (κ2) is 3.44. The van der Waals surface area contributed by atoms with E-state index in [2.05, 4.69) is 20.4 Å². The van der Waals surface area contributed by atoms with Gasteiger partial charge in [-0.1, -0.05) is 32.6 Å². The van der Waals surface area contributed by atoms with Crippen molar-refractivity contribution in [2.45, 2.75) is 19.8 Å². The number of aromatic hydroxyl groups is 1. The topological polar surface area (TPSA) is 20.2 Å². The van der Waals surface area contributed by atoms with Gasteiger partial charge < -0.3 is 5.11 Å². The van der Waals surface area contributed by atoms with Gasteiger partial charge in [-0.2, -0.15) is 0 Å². The molecule has 0 unspecified atom stereocenters. The number of phenols is 1. The van der Waals surface area contributed by atoms with Gasteiger partial charge in [0.1, 0.15) is 5.75 Å². The van der Waals surface area contributed by atoms with Crippen LogP contribution >= 0.6 is 0 Å². The molecule has 0 amide bonds. The maximum atomic E-state index is 9.35. The second-order valence-corrected chi connectivity index (χ2v) is 3.18. The average Bonchev–Trinajstić information content (AvgIpc) is 2.05. The van der Waals surface area contributed by atoms with Gasteiger partial charge in [0.15, 0.2) is 0 Å². The van der Waals surface area contributed by atoms with E-state index in [1.165, 1.54) is 5.56 Å². The van der Waals surface area contributed by atoms with E-state index >= 15 is 0 Å². The maximum Gasteiger partial charge on any atom is 0.122 e. The van der Waals surface area contributed by atoms with Crippen molar-refractivity contribution in [1.82, 2.24) is 0 Å². The summed E-state index contributed by atoms with van der Waals surface area (Å²) in [4.78, 5) is 0. The Morgan fingerprint density at radius 2 is 2.08 bits per heavy atom. The van der Waals surface area contributed by atoms with Crippen LogP contribution in [0.3, 0.4) is 0 Å². The third-order valence-corrected chi connectivity index (χ3v) is 1.94. The molecule has 64 valence electrons. The summed E-state index contributed by atoms with van der Waals surface area (Å²) >= 11 is 0. The van der Waals surface area contributed by atoms with Crippen LogP contribution in [-0.4, -0.2) is 5.11 Å². The maximum absolute atomic E-state index is 9.35. The molecule has 0 aromatic heterocycles. The molecule has 0 heterocycles.